The van der Waals surface area contributed by atoms with E-state index in [4.69, 9.17) is 0 Å². The van der Waals surface area contributed by atoms with Gasteiger partial charge in [-0.25, -0.2) is 8.42 Å². The first-order chi connectivity index (χ1) is 9.14. The van der Waals surface area contributed by atoms with E-state index >= 15 is 0 Å². The highest BCUT2D eigenvalue weighted by molar-refractivity contribution is 7.91. The Bertz CT molecular complexity index is 521. The van der Waals surface area contributed by atoms with Crippen LogP contribution in [0.3, 0.4) is 0 Å². The van der Waals surface area contributed by atoms with Crippen LogP contribution >= 0.6 is 11.3 Å². The summed E-state index contributed by atoms with van der Waals surface area (Å²) in [6, 6.07) is 2.75. The van der Waals surface area contributed by atoms with Gasteiger partial charge in [-0.3, -0.25) is 0 Å². The van der Waals surface area contributed by atoms with E-state index < -0.39 is 9.84 Å². The molecule has 1 aliphatic carbocycles. The molecule has 0 saturated carbocycles. The molecular weight excluding hydrogens is 278 g/mol. The monoisotopic (exact) mass is 299 g/mol. The number of aryl methyl sites for hydroxylation is 1. The van der Waals surface area contributed by atoms with E-state index in [2.05, 4.69) is 16.8 Å². The fourth-order valence-electron chi connectivity index (χ4n) is 3.15. The Morgan fingerprint density at radius 1 is 1.26 bits per heavy atom. The molecule has 3 nitrogen and oxygen atoms in total. The molecule has 1 aromatic rings. The second-order valence-corrected chi connectivity index (χ2v) is 9.05. The summed E-state index contributed by atoms with van der Waals surface area (Å²) in [5, 5.41) is 5.87. The van der Waals surface area contributed by atoms with Crippen molar-refractivity contribution >= 4 is 21.2 Å². The first kappa shape index (κ1) is 13.6. The van der Waals surface area contributed by atoms with Crippen molar-refractivity contribution < 1.29 is 8.42 Å². The Morgan fingerprint density at radius 3 is 2.84 bits per heavy atom. The van der Waals surface area contributed by atoms with Crippen molar-refractivity contribution in [2.45, 2.75) is 38.1 Å². The summed E-state index contributed by atoms with van der Waals surface area (Å²) in [6.07, 6.45) is 5.38. The largest absolute Gasteiger partial charge is 0.310 e. The summed E-state index contributed by atoms with van der Waals surface area (Å²) < 4.78 is 22.8. The molecule has 5 heteroatoms. The van der Waals surface area contributed by atoms with Crippen molar-refractivity contribution in [1.82, 2.24) is 5.32 Å². The summed E-state index contributed by atoms with van der Waals surface area (Å²) in [4.78, 5) is 1.54. The molecule has 1 fully saturated rings. The summed E-state index contributed by atoms with van der Waals surface area (Å²) in [7, 11) is -2.72. The van der Waals surface area contributed by atoms with Gasteiger partial charge in [0.25, 0.3) is 0 Å². The van der Waals surface area contributed by atoms with Gasteiger partial charge in [-0.15, -0.1) is 11.3 Å². The predicted octanol–water partition coefficient (Wildman–Crippen LogP) is 2.54. The molecule has 0 radical (unpaired) electrons. The Kier molecular flexibility index (Phi) is 3.96. The molecule has 3 rings (SSSR count). The predicted molar refractivity (Wildman–Crippen MR) is 79.4 cm³/mol. The minimum Gasteiger partial charge on any atom is -0.310 e. The highest BCUT2D eigenvalue weighted by Crippen LogP contribution is 2.33. The number of hydrogen-bond donors (Lipinski definition) is 1. The van der Waals surface area contributed by atoms with Gasteiger partial charge in [-0.2, -0.15) is 0 Å². The molecule has 1 aliphatic heterocycles. The van der Waals surface area contributed by atoms with Gasteiger partial charge in [0, 0.05) is 10.9 Å². The molecule has 106 valence electrons. The van der Waals surface area contributed by atoms with Crippen LogP contribution in [0, 0.1) is 5.92 Å². The first-order valence-electron chi connectivity index (χ1n) is 7.14. The molecule has 0 aromatic carbocycles. The lowest BCUT2D eigenvalue weighted by atomic mass is 9.93. The van der Waals surface area contributed by atoms with Gasteiger partial charge in [-0.05, 0) is 61.6 Å². The van der Waals surface area contributed by atoms with E-state index in [1.54, 1.807) is 0 Å². The van der Waals surface area contributed by atoms with Crippen LogP contribution in [0.5, 0.6) is 0 Å². The molecule has 1 saturated heterocycles. The van der Waals surface area contributed by atoms with Gasteiger partial charge in [-0.1, -0.05) is 0 Å². The molecule has 1 atom stereocenters. The van der Waals surface area contributed by atoms with Crippen LogP contribution in [0.2, 0.25) is 0 Å². The highest BCUT2D eigenvalue weighted by atomic mass is 32.2. The average molecular weight is 299 g/mol. The van der Waals surface area contributed by atoms with E-state index in [0.29, 0.717) is 23.5 Å². The van der Waals surface area contributed by atoms with Crippen molar-refractivity contribution in [2.75, 3.05) is 18.1 Å². The summed E-state index contributed by atoms with van der Waals surface area (Å²) >= 11 is 1.87. The maximum absolute atomic E-state index is 11.4. The molecule has 1 N–H and O–H groups in total. The number of hydrogen-bond acceptors (Lipinski definition) is 4. The number of thiophene rings is 1. The summed E-state index contributed by atoms with van der Waals surface area (Å²) in [5.74, 6) is 1.30. The van der Waals surface area contributed by atoms with Crippen LogP contribution in [0.4, 0.5) is 0 Å². The van der Waals surface area contributed by atoms with Crippen LogP contribution in [0.1, 0.15) is 42.2 Å². The maximum Gasteiger partial charge on any atom is 0.150 e. The number of rotatable bonds is 3. The van der Waals surface area contributed by atoms with Gasteiger partial charge in [0.15, 0.2) is 0 Å². The van der Waals surface area contributed by atoms with Crippen LogP contribution < -0.4 is 5.32 Å². The van der Waals surface area contributed by atoms with Crippen LogP contribution in [-0.2, 0) is 16.3 Å². The zero-order chi connectivity index (χ0) is 13.3. The van der Waals surface area contributed by atoms with E-state index in [1.165, 1.54) is 29.7 Å². The zero-order valence-corrected chi connectivity index (χ0v) is 12.7. The van der Waals surface area contributed by atoms with Crippen molar-refractivity contribution in [2.24, 2.45) is 5.92 Å². The molecule has 0 spiro atoms. The molecule has 19 heavy (non-hydrogen) atoms. The minimum atomic E-state index is -2.72. The Balaban J connectivity index is 1.54. The topological polar surface area (TPSA) is 46.2 Å². The number of nitrogens with one attached hydrogen (secondary N) is 1. The lowest BCUT2D eigenvalue weighted by Crippen LogP contribution is -2.33. The average Bonchev–Trinajstić information content (AvgIpc) is 2.86. The standard InChI is InChI=1S/C14H21NO2S2/c16-19(17)8-5-11(6-9-19)10-15-13-2-1-3-14-12(13)4-7-18-14/h4,7,11,13,15H,1-3,5-6,8-10H2/t13-/m0/s1. The fraction of sp³-hybridized carbons (Fsp3) is 0.714. The quantitative estimate of drug-likeness (QED) is 0.933. The van der Waals surface area contributed by atoms with E-state index in [1.807, 2.05) is 11.3 Å². The van der Waals surface area contributed by atoms with Crippen molar-refractivity contribution in [3.05, 3.63) is 21.9 Å². The zero-order valence-electron chi connectivity index (χ0n) is 11.1. The third kappa shape index (κ3) is 3.20. The smallest absolute Gasteiger partial charge is 0.150 e. The molecule has 2 aliphatic rings. The van der Waals surface area contributed by atoms with Crippen LogP contribution in [0.15, 0.2) is 11.4 Å². The highest BCUT2D eigenvalue weighted by Gasteiger charge is 2.25. The van der Waals surface area contributed by atoms with Gasteiger partial charge >= 0.3 is 0 Å². The van der Waals surface area contributed by atoms with Crippen LogP contribution in [-0.4, -0.2) is 26.5 Å². The van der Waals surface area contributed by atoms with Crippen molar-refractivity contribution in [3.8, 4) is 0 Å². The van der Waals surface area contributed by atoms with Gasteiger partial charge in [0.1, 0.15) is 9.84 Å². The van der Waals surface area contributed by atoms with Gasteiger partial charge < -0.3 is 5.32 Å². The van der Waals surface area contributed by atoms with Gasteiger partial charge in [0.2, 0.25) is 0 Å². The minimum absolute atomic E-state index is 0.383. The first-order valence-corrected chi connectivity index (χ1v) is 9.84. The summed E-state index contributed by atoms with van der Waals surface area (Å²) in [5.41, 5.74) is 1.49. The van der Waals surface area contributed by atoms with Gasteiger partial charge in [0.05, 0.1) is 11.5 Å². The summed E-state index contributed by atoms with van der Waals surface area (Å²) in [6.45, 7) is 0.968. The molecule has 2 heterocycles. The second kappa shape index (κ2) is 5.54. The van der Waals surface area contributed by atoms with Crippen LogP contribution in [0.25, 0.3) is 0 Å². The second-order valence-electron chi connectivity index (χ2n) is 5.75. The lowest BCUT2D eigenvalue weighted by molar-refractivity contribution is 0.380. The normalized spacial score (nSPS) is 27.1. The molecule has 0 amide bonds. The molecular formula is C14H21NO2S2. The Hall–Kier alpha value is -0.390. The fourth-order valence-corrected chi connectivity index (χ4v) is 5.73. The molecule has 0 unspecified atom stereocenters. The number of fused-ring (bicyclic) bond motifs is 1. The van der Waals surface area contributed by atoms with Crippen molar-refractivity contribution in [3.63, 3.8) is 0 Å². The number of sulfone groups is 1. The Morgan fingerprint density at radius 2 is 2.05 bits per heavy atom. The molecule has 1 aromatic heterocycles. The maximum atomic E-state index is 11.4. The SMILES string of the molecule is O=S1(=O)CCC(CN[C@H]2CCCc3sccc32)CC1. The third-order valence-electron chi connectivity index (χ3n) is 4.38. The van der Waals surface area contributed by atoms with E-state index in [0.717, 1.165) is 19.4 Å². The third-order valence-corrected chi connectivity index (χ3v) is 7.09. The lowest BCUT2D eigenvalue weighted by Gasteiger charge is -2.28. The van der Waals surface area contributed by atoms with E-state index in [-0.39, 0.29) is 0 Å². The van der Waals surface area contributed by atoms with E-state index in [9.17, 15) is 8.42 Å². The Labute approximate surface area is 119 Å². The molecule has 0 bridgehead atoms. The van der Waals surface area contributed by atoms with Crippen molar-refractivity contribution in [1.29, 1.82) is 0 Å².